The van der Waals surface area contributed by atoms with Gasteiger partial charge in [-0.25, -0.2) is 4.79 Å². The van der Waals surface area contributed by atoms with Crippen molar-refractivity contribution in [2.75, 3.05) is 6.61 Å². The van der Waals surface area contributed by atoms with E-state index in [2.05, 4.69) is 21.2 Å². The Morgan fingerprint density at radius 2 is 2.05 bits per heavy atom. The molecule has 0 saturated heterocycles. The van der Waals surface area contributed by atoms with Crippen molar-refractivity contribution in [1.29, 1.82) is 0 Å². The summed E-state index contributed by atoms with van der Waals surface area (Å²) < 4.78 is 0.837. The zero-order valence-electron chi connectivity index (χ0n) is 10.0. The monoisotopic (exact) mass is 327 g/mol. The number of aliphatic hydroxyl groups is 1. The Morgan fingerprint density at radius 1 is 1.37 bits per heavy atom. The number of carboxylic acid groups (broad SMARTS) is 1. The van der Waals surface area contributed by atoms with Gasteiger partial charge in [-0.15, -0.1) is 0 Å². The molecule has 5 nitrogen and oxygen atoms in total. The van der Waals surface area contributed by atoms with E-state index in [1.165, 1.54) is 6.08 Å². The lowest BCUT2D eigenvalue weighted by molar-refractivity contribution is -0.141. The second-order valence-corrected chi connectivity index (χ2v) is 4.62. The Kier molecular flexibility index (Phi) is 6.24. The molecule has 1 aromatic carbocycles. The second-order valence-electron chi connectivity index (χ2n) is 3.77. The summed E-state index contributed by atoms with van der Waals surface area (Å²) >= 11 is 3.34. The molecule has 1 atom stereocenters. The molecule has 1 amide bonds. The fourth-order valence-corrected chi connectivity index (χ4v) is 1.80. The third-order valence-corrected chi connectivity index (χ3v) is 3.07. The third kappa shape index (κ3) is 5.23. The van der Waals surface area contributed by atoms with Crippen molar-refractivity contribution in [2.24, 2.45) is 0 Å². The van der Waals surface area contributed by atoms with Crippen molar-refractivity contribution in [3.05, 3.63) is 40.4 Å². The van der Waals surface area contributed by atoms with Gasteiger partial charge >= 0.3 is 5.97 Å². The van der Waals surface area contributed by atoms with E-state index in [4.69, 9.17) is 10.2 Å². The van der Waals surface area contributed by atoms with Gasteiger partial charge in [-0.1, -0.05) is 34.1 Å². The van der Waals surface area contributed by atoms with Crippen LogP contribution in [0.25, 0.3) is 6.08 Å². The molecule has 0 radical (unpaired) electrons. The molecule has 0 heterocycles. The fraction of sp³-hybridized carbons (Fsp3) is 0.231. The standard InChI is InChI=1S/C13H14BrNO4/c14-10-4-2-1-3-9(10)5-6-12(17)15-11(7-8-16)13(18)19/h1-6,11,16H,7-8H2,(H,15,17)(H,18,19)/b6-5+/t11-/m1/s1. The minimum absolute atomic E-state index is 0.0239. The van der Waals surface area contributed by atoms with E-state index in [9.17, 15) is 9.59 Å². The SMILES string of the molecule is O=C(/C=C/c1ccccc1Br)N[C@H](CCO)C(=O)O. The highest BCUT2D eigenvalue weighted by molar-refractivity contribution is 9.10. The van der Waals surface area contributed by atoms with Crippen LogP contribution in [0.5, 0.6) is 0 Å². The molecule has 102 valence electrons. The number of halogens is 1. The Labute approximate surface area is 119 Å². The number of carbonyl (C=O) groups is 2. The van der Waals surface area contributed by atoms with Crippen LogP contribution >= 0.6 is 15.9 Å². The van der Waals surface area contributed by atoms with Gasteiger partial charge in [0.25, 0.3) is 0 Å². The average molecular weight is 328 g/mol. The number of benzene rings is 1. The zero-order chi connectivity index (χ0) is 14.3. The summed E-state index contributed by atoms with van der Waals surface area (Å²) in [5, 5.41) is 19.8. The Balaban J connectivity index is 2.64. The predicted octanol–water partition coefficient (Wildman–Crippen LogP) is 1.41. The van der Waals surface area contributed by atoms with Crippen LogP contribution in [0.3, 0.4) is 0 Å². The number of carbonyl (C=O) groups excluding carboxylic acids is 1. The van der Waals surface area contributed by atoms with E-state index in [0.717, 1.165) is 10.0 Å². The molecule has 0 aliphatic carbocycles. The molecule has 0 bridgehead atoms. The summed E-state index contributed by atoms with van der Waals surface area (Å²) in [4.78, 5) is 22.4. The van der Waals surface area contributed by atoms with E-state index < -0.39 is 17.9 Å². The molecule has 0 aliphatic heterocycles. The van der Waals surface area contributed by atoms with Crippen LogP contribution in [0.4, 0.5) is 0 Å². The topological polar surface area (TPSA) is 86.6 Å². The lowest BCUT2D eigenvalue weighted by atomic mass is 10.2. The van der Waals surface area contributed by atoms with Crippen molar-refractivity contribution in [1.82, 2.24) is 5.32 Å². The molecule has 0 saturated carbocycles. The summed E-state index contributed by atoms with van der Waals surface area (Å²) in [6.45, 7) is -0.300. The maximum Gasteiger partial charge on any atom is 0.326 e. The van der Waals surface area contributed by atoms with Crippen LogP contribution in [0.2, 0.25) is 0 Å². The van der Waals surface area contributed by atoms with E-state index >= 15 is 0 Å². The van der Waals surface area contributed by atoms with E-state index in [0.29, 0.717) is 0 Å². The van der Waals surface area contributed by atoms with Crippen LogP contribution in [0, 0.1) is 0 Å². The lowest BCUT2D eigenvalue weighted by Crippen LogP contribution is -2.40. The minimum Gasteiger partial charge on any atom is -0.480 e. The predicted molar refractivity (Wildman–Crippen MR) is 74.4 cm³/mol. The number of hydrogen-bond acceptors (Lipinski definition) is 3. The van der Waals surface area contributed by atoms with Gasteiger partial charge in [0.05, 0.1) is 0 Å². The van der Waals surface area contributed by atoms with Crippen LogP contribution in [-0.4, -0.2) is 34.7 Å². The Morgan fingerprint density at radius 3 is 2.63 bits per heavy atom. The molecule has 0 aliphatic rings. The van der Waals surface area contributed by atoms with Gasteiger partial charge in [-0.3, -0.25) is 4.79 Å². The Bertz CT molecular complexity index is 487. The summed E-state index contributed by atoms with van der Waals surface area (Å²) in [5.74, 6) is -1.69. The van der Waals surface area contributed by atoms with Crippen molar-refractivity contribution in [3.8, 4) is 0 Å². The van der Waals surface area contributed by atoms with Crippen LogP contribution in [0.15, 0.2) is 34.8 Å². The van der Waals surface area contributed by atoms with Gasteiger partial charge in [0, 0.05) is 23.6 Å². The zero-order valence-corrected chi connectivity index (χ0v) is 11.6. The third-order valence-electron chi connectivity index (χ3n) is 2.35. The van der Waals surface area contributed by atoms with Crippen LogP contribution in [-0.2, 0) is 9.59 Å². The largest absolute Gasteiger partial charge is 0.480 e. The number of nitrogens with one attached hydrogen (secondary N) is 1. The van der Waals surface area contributed by atoms with Gasteiger partial charge in [0.1, 0.15) is 6.04 Å². The van der Waals surface area contributed by atoms with Crippen LogP contribution in [0.1, 0.15) is 12.0 Å². The molecule has 0 aromatic heterocycles. The molecule has 1 rings (SSSR count). The van der Waals surface area contributed by atoms with Gasteiger partial charge in [-0.2, -0.15) is 0 Å². The summed E-state index contributed by atoms with van der Waals surface area (Å²) in [5.41, 5.74) is 0.812. The van der Waals surface area contributed by atoms with Crippen molar-refractivity contribution in [3.63, 3.8) is 0 Å². The van der Waals surface area contributed by atoms with Gasteiger partial charge in [0.15, 0.2) is 0 Å². The number of rotatable bonds is 6. The molecule has 0 unspecified atom stereocenters. The molecular formula is C13H14BrNO4. The number of amides is 1. The van der Waals surface area contributed by atoms with Crippen molar-refractivity contribution < 1.29 is 19.8 Å². The summed E-state index contributed by atoms with van der Waals surface area (Å²) in [6, 6.07) is 6.25. The molecule has 1 aromatic rings. The van der Waals surface area contributed by atoms with Crippen molar-refractivity contribution >= 4 is 33.9 Å². The molecule has 19 heavy (non-hydrogen) atoms. The first kappa shape index (κ1) is 15.4. The van der Waals surface area contributed by atoms with E-state index in [-0.39, 0.29) is 13.0 Å². The van der Waals surface area contributed by atoms with Crippen LogP contribution < -0.4 is 5.32 Å². The fourth-order valence-electron chi connectivity index (χ4n) is 1.38. The Hall–Kier alpha value is -1.66. The highest BCUT2D eigenvalue weighted by Gasteiger charge is 2.17. The maximum absolute atomic E-state index is 11.6. The number of carboxylic acids is 1. The quantitative estimate of drug-likeness (QED) is 0.689. The first-order chi connectivity index (χ1) is 9.04. The normalized spacial score (nSPS) is 12.3. The molecule has 6 heteroatoms. The molecule has 3 N–H and O–H groups in total. The van der Waals surface area contributed by atoms with Crippen molar-refractivity contribution in [2.45, 2.75) is 12.5 Å². The van der Waals surface area contributed by atoms with E-state index in [1.807, 2.05) is 24.3 Å². The number of aliphatic carboxylic acids is 1. The molecular weight excluding hydrogens is 314 g/mol. The highest BCUT2D eigenvalue weighted by Crippen LogP contribution is 2.16. The van der Waals surface area contributed by atoms with E-state index in [1.54, 1.807) is 6.08 Å². The number of hydrogen-bond donors (Lipinski definition) is 3. The smallest absolute Gasteiger partial charge is 0.326 e. The molecule has 0 fully saturated rings. The number of aliphatic hydroxyl groups excluding tert-OH is 1. The average Bonchev–Trinajstić information content (AvgIpc) is 2.37. The molecule has 0 spiro atoms. The van der Waals surface area contributed by atoms with Gasteiger partial charge in [0.2, 0.25) is 5.91 Å². The second kappa shape index (κ2) is 7.70. The first-order valence-corrected chi connectivity index (χ1v) is 6.40. The maximum atomic E-state index is 11.6. The lowest BCUT2D eigenvalue weighted by Gasteiger charge is -2.11. The van der Waals surface area contributed by atoms with Gasteiger partial charge < -0.3 is 15.5 Å². The first-order valence-electron chi connectivity index (χ1n) is 5.61. The highest BCUT2D eigenvalue weighted by atomic mass is 79.9. The summed E-state index contributed by atoms with van der Waals surface area (Å²) in [6.07, 6.45) is 2.81. The van der Waals surface area contributed by atoms with Gasteiger partial charge in [-0.05, 0) is 17.7 Å². The minimum atomic E-state index is -1.17. The summed E-state index contributed by atoms with van der Waals surface area (Å²) in [7, 11) is 0.